The Kier molecular flexibility index (Phi) is 6.21. The Morgan fingerprint density at radius 3 is 2.52 bits per heavy atom. The minimum absolute atomic E-state index is 0.0446. The zero-order valence-corrected chi connectivity index (χ0v) is 19.6. The van der Waals surface area contributed by atoms with Crippen LogP contribution in [-0.4, -0.2) is 25.8 Å². The lowest BCUT2D eigenvalue weighted by molar-refractivity contribution is -0.115. The minimum Gasteiger partial charge on any atom is -0.325 e. The number of hydrogen-bond acceptors (Lipinski definition) is 4. The van der Waals surface area contributed by atoms with E-state index >= 15 is 0 Å². The second kappa shape index (κ2) is 8.89. The zero-order valence-electron chi connectivity index (χ0n) is 18.1. The normalized spacial score (nSPS) is 12.4. The summed E-state index contributed by atoms with van der Waals surface area (Å²) in [6.07, 6.45) is 1.74. The lowest BCUT2D eigenvalue weighted by Gasteiger charge is -2.17. The molecule has 1 unspecified atom stereocenters. The molecule has 31 heavy (non-hydrogen) atoms. The molecule has 0 aliphatic rings. The van der Waals surface area contributed by atoms with Crippen LogP contribution in [0.15, 0.2) is 47.6 Å². The number of anilines is 1. The van der Waals surface area contributed by atoms with E-state index in [2.05, 4.69) is 41.5 Å². The van der Waals surface area contributed by atoms with Crippen molar-refractivity contribution in [3.8, 4) is 0 Å². The summed E-state index contributed by atoms with van der Waals surface area (Å²) in [5, 5.41) is 13.9. The van der Waals surface area contributed by atoms with Crippen LogP contribution >= 0.6 is 23.4 Å². The molecule has 0 spiro atoms. The highest BCUT2D eigenvalue weighted by Crippen LogP contribution is 2.30. The van der Waals surface area contributed by atoms with Crippen LogP contribution in [0, 0.1) is 6.92 Å². The lowest BCUT2D eigenvalue weighted by atomic mass is 10.0. The van der Waals surface area contributed by atoms with Gasteiger partial charge in [-0.25, -0.2) is 0 Å². The predicted molar refractivity (Wildman–Crippen MR) is 129 cm³/mol. The number of carbonyl (C=O) groups is 1. The number of aryl methyl sites for hydroxylation is 3. The number of nitrogens with one attached hydrogen (secondary N) is 1. The largest absolute Gasteiger partial charge is 0.325 e. The molecule has 1 amide bonds. The van der Waals surface area contributed by atoms with Crippen LogP contribution in [0.3, 0.4) is 0 Å². The third-order valence-corrected chi connectivity index (χ3v) is 6.80. The third kappa shape index (κ3) is 4.14. The van der Waals surface area contributed by atoms with Crippen molar-refractivity contribution >= 4 is 51.5 Å². The summed E-state index contributed by atoms with van der Waals surface area (Å²) in [6, 6.07) is 14.0. The van der Waals surface area contributed by atoms with E-state index in [1.807, 2.05) is 48.6 Å². The van der Waals surface area contributed by atoms with Gasteiger partial charge in [0.25, 0.3) is 0 Å². The Labute approximate surface area is 191 Å². The summed E-state index contributed by atoms with van der Waals surface area (Å²) in [4.78, 5) is 13.1. The van der Waals surface area contributed by atoms with Gasteiger partial charge in [0.2, 0.25) is 5.91 Å². The van der Waals surface area contributed by atoms with Crippen LogP contribution in [0.5, 0.6) is 0 Å². The maximum absolute atomic E-state index is 13.1. The number of rotatable bonds is 6. The van der Waals surface area contributed by atoms with Gasteiger partial charge in [0, 0.05) is 16.1 Å². The van der Waals surface area contributed by atoms with Gasteiger partial charge in [-0.05, 0) is 67.6 Å². The average Bonchev–Trinajstić information content (AvgIpc) is 3.16. The summed E-state index contributed by atoms with van der Waals surface area (Å²) >= 11 is 7.61. The molecular formula is C24H25ClN4OS. The number of pyridine rings is 1. The van der Waals surface area contributed by atoms with Crippen LogP contribution in [0.25, 0.3) is 16.6 Å². The topological polar surface area (TPSA) is 59.3 Å². The first-order chi connectivity index (χ1) is 14.9. The van der Waals surface area contributed by atoms with E-state index in [4.69, 9.17) is 11.6 Å². The van der Waals surface area contributed by atoms with Crippen molar-refractivity contribution in [1.29, 1.82) is 0 Å². The number of fused-ring (bicyclic) bond motifs is 3. The number of halogens is 1. The molecule has 1 N–H and O–H groups in total. The fourth-order valence-electron chi connectivity index (χ4n) is 3.81. The van der Waals surface area contributed by atoms with Crippen molar-refractivity contribution in [2.75, 3.05) is 5.32 Å². The number of hydrogen-bond donors (Lipinski definition) is 1. The summed E-state index contributed by atoms with van der Waals surface area (Å²) in [5.41, 5.74) is 6.05. The van der Waals surface area contributed by atoms with Crippen LogP contribution in [0.2, 0.25) is 5.02 Å². The molecule has 2 aromatic carbocycles. The molecule has 2 heterocycles. The number of carbonyl (C=O) groups excluding carboxylic acids is 1. The van der Waals surface area contributed by atoms with Gasteiger partial charge in [-0.2, -0.15) is 0 Å². The molecule has 4 rings (SSSR count). The van der Waals surface area contributed by atoms with Crippen molar-refractivity contribution in [2.45, 2.75) is 50.9 Å². The second-order valence-electron chi connectivity index (χ2n) is 7.57. The van der Waals surface area contributed by atoms with Crippen LogP contribution in [0.4, 0.5) is 5.69 Å². The molecule has 4 aromatic rings. The number of amides is 1. The van der Waals surface area contributed by atoms with E-state index in [-0.39, 0.29) is 11.2 Å². The van der Waals surface area contributed by atoms with E-state index in [0.29, 0.717) is 10.2 Å². The Morgan fingerprint density at radius 1 is 1.13 bits per heavy atom. The van der Waals surface area contributed by atoms with Gasteiger partial charge >= 0.3 is 0 Å². The summed E-state index contributed by atoms with van der Waals surface area (Å²) < 4.78 is 1.99. The van der Waals surface area contributed by atoms with Crippen LogP contribution in [-0.2, 0) is 17.6 Å². The monoisotopic (exact) mass is 452 g/mol. The van der Waals surface area contributed by atoms with Gasteiger partial charge in [0.05, 0.1) is 10.8 Å². The van der Waals surface area contributed by atoms with E-state index in [9.17, 15) is 4.79 Å². The maximum Gasteiger partial charge on any atom is 0.237 e. The maximum atomic E-state index is 13.1. The Hall–Kier alpha value is -2.57. The first-order valence-electron chi connectivity index (χ1n) is 10.4. The summed E-state index contributed by atoms with van der Waals surface area (Å²) in [5.74, 6) is -0.0446. The SMILES string of the molecule is CCc1cccc(CC)c1NC(=O)C(C)Sc1nnc2cc(C)c3cc(Cl)ccc3n12. The van der Waals surface area contributed by atoms with E-state index in [1.54, 1.807) is 0 Å². The van der Waals surface area contributed by atoms with E-state index < -0.39 is 0 Å². The van der Waals surface area contributed by atoms with Crippen molar-refractivity contribution in [1.82, 2.24) is 14.6 Å². The Morgan fingerprint density at radius 2 is 1.84 bits per heavy atom. The third-order valence-electron chi connectivity index (χ3n) is 5.53. The highest BCUT2D eigenvalue weighted by atomic mass is 35.5. The summed E-state index contributed by atoms with van der Waals surface area (Å²) in [6.45, 7) is 8.13. The molecule has 0 saturated carbocycles. The zero-order chi connectivity index (χ0) is 22.1. The van der Waals surface area contributed by atoms with Crippen LogP contribution in [0.1, 0.15) is 37.5 Å². The standard InChI is InChI=1S/C24H25ClN4OS/c1-5-16-8-7-9-17(6-2)22(16)26-23(30)15(4)31-24-28-27-21-12-14(3)19-13-18(25)10-11-20(19)29(21)24/h7-13,15H,5-6H2,1-4H3,(H,26,30). The number of para-hydroxylation sites is 1. The van der Waals surface area contributed by atoms with Gasteiger partial charge < -0.3 is 5.32 Å². The predicted octanol–water partition coefficient (Wildman–Crippen LogP) is 6.09. The number of nitrogens with zero attached hydrogens (tertiary/aromatic N) is 3. The molecule has 0 saturated heterocycles. The molecule has 160 valence electrons. The van der Waals surface area contributed by atoms with E-state index in [1.165, 1.54) is 11.8 Å². The first kappa shape index (κ1) is 21.7. The quantitative estimate of drug-likeness (QED) is 0.360. The number of thioether (sulfide) groups is 1. The lowest BCUT2D eigenvalue weighted by Crippen LogP contribution is -2.24. The fraction of sp³-hybridized carbons (Fsp3) is 0.292. The van der Waals surface area contributed by atoms with Gasteiger partial charge in [-0.15, -0.1) is 10.2 Å². The van der Waals surface area contributed by atoms with Crippen LogP contribution < -0.4 is 5.32 Å². The first-order valence-corrected chi connectivity index (χ1v) is 11.7. The van der Waals surface area contributed by atoms with Crippen molar-refractivity contribution in [3.63, 3.8) is 0 Å². The molecule has 7 heteroatoms. The molecule has 0 fully saturated rings. The highest BCUT2D eigenvalue weighted by molar-refractivity contribution is 8.00. The van der Waals surface area contributed by atoms with Crippen molar-refractivity contribution < 1.29 is 4.79 Å². The molecule has 0 aliphatic carbocycles. The second-order valence-corrected chi connectivity index (χ2v) is 9.32. The van der Waals surface area contributed by atoms with Crippen molar-refractivity contribution in [2.24, 2.45) is 0 Å². The molecule has 5 nitrogen and oxygen atoms in total. The Bertz CT molecular complexity index is 1260. The Balaban J connectivity index is 1.65. The minimum atomic E-state index is -0.342. The highest BCUT2D eigenvalue weighted by Gasteiger charge is 2.21. The van der Waals surface area contributed by atoms with Gasteiger partial charge in [-0.1, -0.05) is 55.4 Å². The van der Waals surface area contributed by atoms with Crippen molar-refractivity contribution in [3.05, 3.63) is 64.2 Å². The average molecular weight is 453 g/mol. The smallest absolute Gasteiger partial charge is 0.237 e. The molecule has 0 aliphatic heterocycles. The van der Waals surface area contributed by atoms with Gasteiger partial charge in [0.1, 0.15) is 0 Å². The summed E-state index contributed by atoms with van der Waals surface area (Å²) in [7, 11) is 0. The molecule has 1 atom stereocenters. The molecule has 0 radical (unpaired) electrons. The molecule has 2 aromatic heterocycles. The van der Waals surface area contributed by atoms with Gasteiger partial charge in [-0.3, -0.25) is 9.20 Å². The molecule has 0 bridgehead atoms. The van der Waals surface area contributed by atoms with E-state index in [0.717, 1.165) is 51.8 Å². The molecular weight excluding hydrogens is 428 g/mol. The van der Waals surface area contributed by atoms with Gasteiger partial charge in [0.15, 0.2) is 10.8 Å². The number of aromatic nitrogens is 3. The number of benzene rings is 2. The fourth-order valence-corrected chi connectivity index (χ4v) is 4.85.